The van der Waals surface area contributed by atoms with Gasteiger partial charge in [0.1, 0.15) is 12.1 Å². The fourth-order valence-corrected chi connectivity index (χ4v) is 0.898. The van der Waals surface area contributed by atoms with Crippen molar-refractivity contribution in [3.05, 3.63) is 32.6 Å². The monoisotopic (exact) mass is 227 g/mol. The molecule has 1 aromatic heterocycles. The van der Waals surface area contributed by atoms with E-state index in [-0.39, 0.29) is 12.1 Å². The molecule has 8 nitrogen and oxygen atoms in total. The van der Waals surface area contributed by atoms with Gasteiger partial charge in [0, 0.05) is 6.20 Å². The predicted molar refractivity (Wildman–Crippen MR) is 52.0 cm³/mol. The van der Waals surface area contributed by atoms with Crippen LogP contribution in [-0.4, -0.2) is 35.5 Å². The van der Waals surface area contributed by atoms with Crippen molar-refractivity contribution in [2.24, 2.45) is 0 Å². The van der Waals surface area contributed by atoms with Gasteiger partial charge in [-0.2, -0.15) is 0 Å². The number of carbonyl (C=O) groups excluding carboxylic acids is 2. The molecule has 0 aliphatic carbocycles. The molecule has 1 heterocycles. The number of carbonyl (C=O) groups is 2. The van der Waals surface area contributed by atoms with Gasteiger partial charge in [-0.1, -0.05) is 0 Å². The van der Waals surface area contributed by atoms with Crippen LogP contribution in [0.1, 0.15) is 10.4 Å². The molecule has 16 heavy (non-hydrogen) atoms. The number of methoxy groups -OCH3 is 1. The van der Waals surface area contributed by atoms with Crippen molar-refractivity contribution < 1.29 is 14.3 Å². The van der Waals surface area contributed by atoms with Gasteiger partial charge in [0.05, 0.1) is 7.11 Å². The standard InChI is InChI=1S/C8H9N3O5/c1-16-5(12)3-9-6(13)4-2-10-8(15)11-7(4)14/h2H,3H2,1H3,(H,9,13)(H2,10,11,14,15). The van der Waals surface area contributed by atoms with Crippen molar-refractivity contribution in [3.8, 4) is 0 Å². The summed E-state index contributed by atoms with van der Waals surface area (Å²) in [6.07, 6.45) is 0.966. The van der Waals surface area contributed by atoms with Gasteiger partial charge in [0.2, 0.25) is 0 Å². The van der Waals surface area contributed by atoms with E-state index in [9.17, 15) is 19.2 Å². The first-order valence-corrected chi connectivity index (χ1v) is 4.21. The highest BCUT2D eigenvalue weighted by molar-refractivity contribution is 5.95. The summed E-state index contributed by atoms with van der Waals surface area (Å²) in [5.74, 6) is -1.42. The Morgan fingerprint density at radius 1 is 1.44 bits per heavy atom. The Hall–Kier alpha value is -2.38. The molecular weight excluding hydrogens is 218 g/mol. The lowest BCUT2D eigenvalue weighted by molar-refractivity contribution is -0.139. The number of aromatic amines is 2. The summed E-state index contributed by atoms with van der Waals surface area (Å²) in [5.41, 5.74) is -1.83. The largest absolute Gasteiger partial charge is 0.468 e. The van der Waals surface area contributed by atoms with Crippen LogP contribution in [0.2, 0.25) is 0 Å². The minimum atomic E-state index is -0.828. The zero-order valence-electron chi connectivity index (χ0n) is 8.33. The number of aromatic nitrogens is 2. The summed E-state index contributed by atoms with van der Waals surface area (Å²) < 4.78 is 4.29. The maximum atomic E-state index is 11.3. The minimum Gasteiger partial charge on any atom is -0.468 e. The molecule has 1 rings (SSSR count). The second-order valence-corrected chi connectivity index (χ2v) is 2.74. The van der Waals surface area contributed by atoms with Crippen molar-refractivity contribution in [2.45, 2.75) is 0 Å². The number of H-pyrrole nitrogens is 2. The molecule has 0 aromatic carbocycles. The molecule has 0 unspecified atom stereocenters. The Morgan fingerprint density at radius 2 is 2.12 bits per heavy atom. The molecule has 3 N–H and O–H groups in total. The van der Waals surface area contributed by atoms with Gasteiger partial charge in [-0.3, -0.25) is 19.4 Å². The van der Waals surface area contributed by atoms with Gasteiger partial charge in [0.15, 0.2) is 0 Å². The van der Waals surface area contributed by atoms with Crippen LogP contribution >= 0.6 is 0 Å². The number of amides is 1. The lowest BCUT2D eigenvalue weighted by Crippen LogP contribution is -2.36. The Kier molecular flexibility index (Phi) is 3.59. The summed E-state index contributed by atoms with van der Waals surface area (Å²) in [6, 6.07) is 0. The Bertz CT molecular complexity index is 515. The predicted octanol–water partition coefficient (Wildman–Crippen LogP) is -2.03. The molecular formula is C8H9N3O5. The van der Waals surface area contributed by atoms with Crippen molar-refractivity contribution >= 4 is 11.9 Å². The first kappa shape index (κ1) is 11.7. The molecule has 0 radical (unpaired) electrons. The highest BCUT2D eigenvalue weighted by Gasteiger charge is 2.11. The van der Waals surface area contributed by atoms with Gasteiger partial charge in [-0.15, -0.1) is 0 Å². The zero-order chi connectivity index (χ0) is 12.1. The van der Waals surface area contributed by atoms with Gasteiger partial charge in [0.25, 0.3) is 11.5 Å². The molecule has 0 bridgehead atoms. The Balaban J connectivity index is 2.78. The third-order valence-corrected chi connectivity index (χ3v) is 1.68. The zero-order valence-corrected chi connectivity index (χ0v) is 8.33. The molecule has 86 valence electrons. The number of hydrogen-bond donors (Lipinski definition) is 3. The third-order valence-electron chi connectivity index (χ3n) is 1.68. The summed E-state index contributed by atoms with van der Waals surface area (Å²) in [6.45, 7) is -0.353. The van der Waals surface area contributed by atoms with Crippen LogP contribution in [0, 0.1) is 0 Å². The van der Waals surface area contributed by atoms with E-state index >= 15 is 0 Å². The van der Waals surface area contributed by atoms with Crippen molar-refractivity contribution in [2.75, 3.05) is 13.7 Å². The maximum Gasteiger partial charge on any atom is 0.325 e. The lowest BCUT2D eigenvalue weighted by Gasteiger charge is -2.02. The number of hydrogen-bond acceptors (Lipinski definition) is 5. The molecule has 1 amide bonds. The lowest BCUT2D eigenvalue weighted by atomic mass is 10.3. The average molecular weight is 227 g/mol. The summed E-state index contributed by atoms with van der Waals surface area (Å²) in [7, 11) is 1.17. The Labute approximate surface area is 88.6 Å². The van der Waals surface area contributed by atoms with E-state index in [0.29, 0.717) is 0 Å². The van der Waals surface area contributed by atoms with Crippen molar-refractivity contribution in [1.82, 2.24) is 15.3 Å². The molecule has 0 fully saturated rings. The van der Waals surface area contributed by atoms with Gasteiger partial charge in [-0.05, 0) is 0 Å². The van der Waals surface area contributed by atoms with E-state index in [4.69, 9.17) is 0 Å². The second-order valence-electron chi connectivity index (χ2n) is 2.74. The van der Waals surface area contributed by atoms with E-state index in [1.165, 1.54) is 7.11 Å². The van der Waals surface area contributed by atoms with E-state index in [1.807, 2.05) is 4.98 Å². The van der Waals surface area contributed by atoms with E-state index in [1.54, 1.807) is 0 Å². The van der Waals surface area contributed by atoms with Crippen LogP contribution in [0.15, 0.2) is 15.8 Å². The van der Waals surface area contributed by atoms with Crippen molar-refractivity contribution in [1.29, 1.82) is 0 Å². The normalized spacial score (nSPS) is 9.56. The van der Waals surface area contributed by atoms with Crippen LogP contribution < -0.4 is 16.6 Å². The van der Waals surface area contributed by atoms with Gasteiger partial charge < -0.3 is 15.0 Å². The molecule has 0 aliphatic rings. The first-order valence-electron chi connectivity index (χ1n) is 4.21. The van der Waals surface area contributed by atoms with Gasteiger partial charge in [-0.25, -0.2) is 4.79 Å². The molecule has 0 saturated heterocycles. The second kappa shape index (κ2) is 4.91. The third kappa shape index (κ3) is 2.80. The summed E-state index contributed by atoms with van der Waals surface area (Å²) >= 11 is 0. The quantitative estimate of drug-likeness (QED) is 0.514. The summed E-state index contributed by atoms with van der Waals surface area (Å²) in [4.78, 5) is 47.9. The van der Waals surface area contributed by atoms with Crippen LogP contribution in [0.5, 0.6) is 0 Å². The van der Waals surface area contributed by atoms with Crippen molar-refractivity contribution in [3.63, 3.8) is 0 Å². The summed E-state index contributed by atoms with van der Waals surface area (Å²) in [5, 5.41) is 2.15. The molecule has 0 aliphatic heterocycles. The molecule has 0 saturated carbocycles. The van der Waals surface area contributed by atoms with Crippen LogP contribution in [0.25, 0.3) is 0 Å². The number of nitrogens with one attached hydrogen (secondary N) is 3. The number of ether oxygens (including phenoxy) is 1. The minimum absolute atomic E-state index is 0.288. The molecule has 0 spiro atoms. The SMILES string of the molecule is COC(=O)CNC(=O)c1c[nH]c(=O)[nH]c1=O. The molecule has 1 aromatic rings. The number of esters is 1. The van der Waals surface area contributed by atoms with E-state index in [2.05, 4.69) is 15.0 Å². The highest BCUT2D eigenvalue weighted by atomic mass is 16.5. The highest BCUT2D eigenvalue weighted by Crippen LogP contribution is 1.84. The fourth-order valence-electron chi connectivity index (χ4n) is 0.898. The average Bonchev–Trinajstić information content (AvgIpc) is 2.25. The van der Waals surface area contributed by atoms with E-state index < -0.39 is 23.1 Å². The van der Waals surface area contributed by atoms with Crippen LogP contribution in [-0.2, 0) is 9.53 Å². The number of rotatable bonds is 3. The Morgan fingerprint density at radius 3 is 2.69 bits per heavy atom. The molecule has 0 atom stereocenters. The topological polar surface area (TPSA) is 121 Å². The van der Waals surface area contributed by atoms with Gasteiger partial charge >= 0.3 is 11.7 Å². The van der Waals surface area contributed by atoms with Crippen LogP contribution in [0.4, 0.5) is 0 Å². The first-order chi connectivity index (χ1) is 7.54. The molecule has 8 heteroatoms. The maximum absolute atomic E-state index is 11.3. The smallest absolute Gasteiger partial charge is 0.325 e. The van der Waals surface area contributed by atoms with E-state index in [0.717, 1.165) is 6.20 Å². The van der Waals surface area contributed by atoms with Crippen LogP contribution in [0.3, 0.4) is 0 Å². The fraction of sp³-hybridized carbons (Fsp3) is 0.250.